The molecule has 1 aromatic carbocycles. The van der Waals surface area contributed by atoms with Gasteiger partial charge in [-0.3, -0.25) is 4.79 Å². The summed E-state index contributed by atoms with van der Waals surface area (Å²) < 4.78 is 5.38. The molecule has 2 aliphatic rings. The Labute approximate surface area is 227 Å². The number of carbonyl (C=O) groups excluding carboxylic acids is 1. The number of rotatable bonds is 7. The summed E-state index contributed by atoms with van der Waals surface area (Å²) in [7, 11) is 3.74. The van der Waals surface area contributed by atoms with E-state index in [1.54, 1.807) is 7.11 Å². The number of amides is 1. The van der Waals surface area contributed by atoms with Gasteiger partial charge in [0.1, 0.15) is 22.9 Å². The van der Waals surface area contributed by atoms with Crippen molar-refractivity contribution in [2.75, 3.05) is 55.9 Å². The van der Waals surface area contributed by atoms with Gasteiger partial charge < -0.3 is 30.2 Å². The molecule has 4 aromatic rings. The number of fused-ring (bicyclic) bond motifs is 1. The molecule has 6 rings (SSSR count). The SMILES string of the molecule is COc1ccccc1NC(=O)c1cc2c(C3CCCC3)nc(Nc3ccc(N4CCN(C)CC4)cn3)nc2[nH]1. The molecular weight excluding hydrogens is 492 g/mol. The van der Waals surface area contributed by atoms with Crippen LogP contribution in [0.25, 0.3) is 11.0 Å². The van der Waals surface area contributed by atoms with Gasteiger partial charge in [-0.2, -0.15) is 4.98 Å². The van der Waals surface area contributed by atoms with Crippen LogP contribution in [-0.2, 0) is 0 Å². The number of H-pyrrole nitrogens is 1. The number of ether oxygens (including phenoxy) is 1. The Hall–Kier alpha value is -4.18. The van der Waals surface area contributed by atoms with Crippen LogP contribution in [0, 0.1) is 0 Å². The fourth-order valence-electron chi connectivity index (χ4n) is 5.48. The summed E-state index contributed by atoms with van der Waals surface area (Å²) in [5, 5.41) is 7.12. The molecule has 3 N–H and O–H groups in total. The minimum absolute atomic E-state index is 0.259. The van der Waals surface area contributed by atoms with E-state index in [2.05, 4.69) is 43.5 Å². The average Bonchev–Trinajstić information content (AvgIpc) is 3.65. The van der Waals surface area contributed by atoms with Gasteiger partial charge in [-0.05, 0) is 50.2 Å². The summed E-state index contributed by atoms with van der Waals surface area (Å²) >= 11 is 0. The summed E-state index contributed by atoms with van der Waals surface area (Å²) in [6, 6.07) is 13.3. The van der Waals surface area contributed by atoms with Crippen LogP contribution in [0.3, 0.4) is 0 Å². The van der Waals surface area contributed by atoms with E-state index < -0.39 is 0 Å². The number of benzene rings is 1. The number of piperazine rings is 1. The number of methoxy groups -OCH3 is 1. The molecule has 0 bridgehead atoms. The number of likely N-dealkylation sites (N-methyl/N-ethyl adjacent to an activating group) is 1. The lowest BCUT2D eigenvalue weighted by molar-refractivity contribution is 0.102. The molecule has 1 aliphatic heterocycles. The fraction of sp³-hybridized carbons (Fsp3) is 0.379. The van der Waals surface area contributed by atoms with Crippen molar-refractivity contribution in [1.29, 1.82) is 0 Å². The largest absolute Gasteiger partial charge is 0.495 e. The quantitative estimate of drug-likeness (QED) is 0.316. The van der Waals surface area contributed by atoms with Crippen molar-refractivity contribution in [3.63, 3.8) is 0 Å². The smallest absolute Gasteiger partial charge is 0.272 e. The van der Waals surface area contributed by atoms with Gasteiger partial charge >= 0.3 is 0 Å². The van der Waals surface area contributed by atoms with Crippen molar-refractivity contribution in [3.05, 3.63) is 60.0 Å². The van der Waals surface area contributed by atoms with Crippen molar-refractivity contribution in [1.82, 2.24) is 24.8 Å². The third kappa shape index (κ3) is 5.37. The number of hydrogen-bond donors (Lipinski definition) is 3. The first-order valence-corrected chi connectivity index (χ1v) is 13.6. The maximum atomic E-state index is 13.2. The first-order chi connectivity index (χ1) is 19.1. The molecule has 10 heteroatoms. The summed E-state index contributed by atoms with van der Waals surface area (Å²) in [4.78, 5) is 35.4. The number of carbonyl (C=O) groups is 1. The Bertz CT molecular complexity index is 1450. The van der Waals surface area contributed by atoms with Crippen LogP contribution in [-0.4, -0.2) is 71.1 Å². The second-order valence-electron chi connectivity index (χ2n) is 10.3. The minimum Gasteiger partial charge on any atom is -0.495 e. The Kier molecular flexibility index (Phi) is 7.02. The van der Waals surface area contributed by atoms with Crippen molar-refractivity contribution in [3.8, 4) is 5.75 Å². The number of pyridine rings is 1. The van der Waals surface area contributed by atoms with Gasteiger partial charge in [-0.1, -0.05) is 25.0 Å². The molecule has 1 aliphatic carbocycles. The van der Waals surface area contributed by atoms with E-state index in [-0.39, 0.29) is 5.91 Å². The maximum absolute atomic E-state index is 13.2. The van der Waals surface area contributed by atoms with Crippen LogP contribution in [0.2, 0.25) is 0 Å². The van der Waals surface area contributed by atoms with Crippen molar-refractivity contribution in [2.45, 2.75) is 31.6 Å². The second-order valence-corrected chi connectivity index (χ2v) is 10.3. The third-order valence-corrected chi connectivity index (χ3v) is 7.71. The predicted octanol–water partition coefficient (Wildman–Crippen LogP) is 4.77. The van der Waals surface area contributed by atoms with Crippen LogP contribution in [0.15, 0.2) is 48.7 Å². The zero-order valence-corrected chi connectivity index (χ0v) is 22.4. The summed E-state index contributed by atoms with van der Waals surface area (Å²) in [6.07, 6.45) is 6.42. The maximum Gasteiger partial charge on any atom is 0.272 e. The molecule has 1 amide bonds. The van der Waals surface area contributed by atoms with E-state index in [0.29, 0.717) is 40.5 Å². The highest BCUT2D eigenvalue weighted by molar-refractivity contribution is 6.06. The minimum atomic E-state index is -0.259. The molecule has 3 aromatic heterocycles. The van der Waals surface area contributed by atoms with Crippen LogP contribution in [0.1, 0.15) is 47.8 Å². The number of aromatic amines is 1. The fourth-order valence-corrected chi connectivity index (χ4v) is 5.48. The Balaban J connectivity index is 1.26. The Morgan fingerprint density at radius 1 is 1.05 bits per heavy atom. The van der Waals surface area contributed by atoms with Gasteiger partial charge in [0, 0.05) is 37.5 Å². The summed E-state index contributed by atoms with van der Waals surface area (Å²) in [5.41, 5.74) is 3.76. The molecule has 202 valence electrons. The van der Waals surface area contributed by atoms with E-state index in [1.165, 1.54) is 12.8 Å². The standard InChI is InChI=1S/C29H34N8O2/c1-36-13-15-37(16-14-36)20-11-12-25(30-18-20)33-29-34-26(19-7-3-4-8-19)21-17-23(31-27(21)35-29)28(38)32-22-9-5-6-10-24(22)39-2/h5-6,9-12,17-19H,3-4,7-8,13-16H2,1-2H3,(H,32,38)(H2,30,31,33,34,35). The van der Waals surface area contributed by atoms with Gasteiger partial charge in [0.05, 0.1) is 30.4 Å². The highest BCUT2D eigenvalue weighted by Crippen LogP contribution is 2.37. The Morgan fingerprint density at radius 2 is 1.85 bits per heavy atom. The van der Waals surface area contributed by atoms with Crippen LogP contribution >= 0.6 is 0 Å². The van der Waals surface area contributed by atoms with Crippen LogP contribution in [0.5, 0.6) is 5.75 Å². The van der Waals surface area contributed by atoms with Gasteiger partial charge in [0.2, 0.25) is 5.95 Å². The van der Waals surface area contributed by atoms with Crippen molar-refractivity contribution in [2.24, 2.45) is 0 Å². The number of anilines is 4. The monoisotopic (exact) mass is 526 g/mol. The van der Waals surface area contributed by atoms with E-state index in [0.717, 1.165) is 55.8 Å². The van der Waals surface area contributed by atoms with Gasteiger partial charge in [0.25, 0.3) is 5.91 Å². The van der Waals surface area contributed by atoms with Crippen LogP contribution < -0.4 is 20.3 Å². The number of para-hydroxylation sites is 2. The number of nitrogens with one attached hydrogen (secondary N) is 3. The molecule has 0 atom stereocenters. The van der Waals surface area contributed by atoms with Crippen molar-refractivity contribution < 1.29 is 9.53 Å². The zero-order valence-electron chi connectivity index (χ0n) is 22.4. The molecule has 2 fully saturated rings. The second kappa shape index (κ2) is 10.9. The number of nitrogens with zero attached hydrogens (tertiary/aromatic N) is 5. The predicted molar refractivity (Wildman–Crippen MR) is 153 cm³/mol. The molecule has 1 saturated carbocycles. The first kappa shape index (κ1) is 25.1. The number of hydrogen-bond acceptors (Lipinski definition) is 8. The molecule has 0 radical (unpaired) electrons. The first-order valence-electron chi connectivity index (χ1n) is 13.6. The molecule has 1 saturated heterocycles. The van der Waals surface area contributed by atoms with Gasteiger partial charge in [0.15, 0.2) is 0 Å². The average molecular weight is 527 g/mol. The highest BCUT2D eigenvalue weighted by atomic mass is 16.5. The molecule has 39 heavy (non-hydrogen) atoms. The molecule has 4 heterocycles. The Morgan fingerprint density at radius 3 is 2.59 bits per heavy atom. The van der Waals surface area contributed by atoms with Crippen LogP contribution in [0.4, 0.5) is 23.1 Å². The molecule has 10 nitrogen and oxygen atoms in total. The normalized spacial score (nSPS) is 16.5. The van der Waals surface area contributed by atoms with E-state index >= 15 is 0 Å². The third-order valence-electron chi connectivity index (χ3n) is 7.71. The number of aromatic nitrogens is 4. The lowest BCUT2D eigenvalue weighted by atomic mass is 10.0. The van der Waals surface area contributed by atoms with E-state index in [1.807, 2.05) is 42.6 Å². The summed E-state index contributed by atoms with van der Waals surface area (Å²) in [5.74, 6) is 1.84. The molecular formula is C29H34N8O2. The van der Waals surface area contributed by atoms with Crippen molar-refractivity contribution >= 4 is 40.1 Å². The zero-order chi connectivity index (χ0) is 26.8. The van der Waals surface area contributed by atoms with Gasteiger partial charge in [-0.25, -0.2) is 9.97 Å². The van der Waals surface area contributed by atoms with E-state index in [4.69, 9.17) is 14.7 Å². The lowest BCUT2D eigenvalue weighted by Crippen LogP contribution is -2.44. The summed E-state index contributed by atoms with van der Waals surface area (Å²) in [6.45, 7) is 4.09. The topological polar surface area (TPSA) is 111 Å². The molecule has 0 spiro atoms. The van der Waals surface area contributed by atoms with E-state index in [9.17, 15) is 4.79 Å². The van der Waals surface area contributed by atoms with Gasteiger partial charge in [-0.15, -0.1) is 0 Å². The molecule has 0 unspecified atom stereocenters. The highest BCUT2D eigenvalue weighted by Gasteiger charge is 2.24. The lowest BCUT2D eigenvalue weighted by Gasteiger charge is -2.33.